The molecule has 0 atom stereocenters. The van der Waals surface area contributed by atoms with Gasteiger partial charge in [-0.05, 0) is 199 Å². The minimum Gasteiger partial charge on any atom is -0.481 e. The average Bonchev–Trinajstić information content (AvgIpc) is 3.40. The van der Waals surface area contributed by atoms with E-state index in [1.165, 1.54) is 55.0 Å². The summed E-state index contributed by atoms with van der Waals surface area (Å²) in [6.07, 6.45) is 15.1. The Morgan fingerprint density at radius 1 is 0.608 bits per heavy atom. The molecule has 0 spiro atoms. The fourth-order valence-corrected chi connectivity index (χ4v) is 6.12. The largest absolute Gasteiger partial charge is 0.481 e. The van der Waals surface area contributed by atoms with Crippen LogP contribution in [-0.4, -0.2) is 64.4 Å². The summed E-state index contributed by atoms with van der Waals surface area (Å²) >= 11 is 0. The number of unbranched alkanes of at least 4 members (excludes halogenated alkanes) is 1. The maximum Gasteiger partial charge on any atom is 0.212 e. The van der Waals surface area contributed by atoms with Gasteiger partial charge in [0.1, 0.15) is 17.3 Å². The minimum absolute atomic E-state index is 0.116. The minimum atomic E-state index is -0.806. The predicted molar refractivity (Wildman–Crippen MR) is 332 cm³/mol. The fourth-order valence-electron chi connectivity index (χ4n) is 6.12. The van der Waals surface area contributed by atoms with Gasteiger partial charge in [-0.3, -0.25) is 9.97 Å². The van der Waals surface area contributed by atoms with E-state index in [1.807, 2.05) is 115 Å². The fraction of sp³-hybridized carbons (Fsp3) is 0.522. The summed E-state index contributed by atoms with van der Waals surface area (Å²) in [5.74, 6) is 1.94. The smallest absolute Gasteiger partial charge is 0.212 e. The van der Waals surface area contributed by atoms with Crippen LogP contribution in [0.5, 0.6) is 5.88 Å². The van der Waals surface area contributed by atoms with Gasteiger partial charge in [-0.25, -0.2) is 18.2 Å². The Morgan fingerprint density at radius 3 is 1.34 bits per heavy atom. The summed E-state index contributed by atoms with van der Waals surface area (Å²) in [6, 6.07) is 35.5. The van der Waals surface area contributed by atoms with Crippen molar-refractivity contribution < 1.29 is 32.5 Å². The van der Waals surface area contributed by atoms with Crippen molar-refractivity contribution >= 4 is 0 Å². The lowest BCUT2D eigenvalue weighted by Crippen LogP contribution is -2.34. The third-order valence-corrected chi connectivity index (χ3v) is 11.7. The number of benzene rings is 3. The highest BCUT2D eigenvalue weighted by Gasteiger charge is 2.37. The Kier molecular flexibility index (Phi) is 46.7. The van der Waals surface area contributed by atoms with Gasteiger partial charge >= 0.3 is 0 Å². The molecule has 6 aromatic rings. The maximum atomic E-state index is 12.6. The number of pyridine rings is 3. The average molecular weight is 1100 g/mol. The molecule has 0 bridgehead atoms. The van der Waals surface area contributed by atoms with E-state index >= 15 is 0 Å². The van der Waals surface area contributed by atoms with Crippen LogP contribution < -0.4 is 4.74 Å². The van der Waals surface area contributed by atoms with E-state index in [9.17, 15) is 13.2 Å². The molecule has 3 aromatic carbocycles. The van der Waals surface area contributed by atoms with Crippen LogP contribution in [0.1, 0.15) is 172 Å². The molecule has 3 heterocycles. The van der Waals surface area contributed by atoms with Crippen LogP contribution in [-0.2, 0) is 9.47 Å². The number of halogens is 3. The summed E-state index contributed by atoms with van der Waals surface area (Å²) < 4.78 is 52.2. The zero-order valence-corrected chi connectivity index (χ0v) is 53.0. The second-order valence-corrected chi connectivity index (χ2v) is 21.4. The second-order valence-electron chi connectivity index (χ2n) is 21.4. The van der Waals surface area contributed by atoms with Gasteiger partial charge in [0.15, 0.2) is 0 Å². The number of hydrogen-bond donors (Lipinski definition) is 1. The number of alkyl halides is 1. The molecule has 3 aromatic heterocycles. The number of hydrogen-bond acceptors (Lipinski definition) is 7. The third kappa shape index (κ3) is 50.5. The molecule has 444 valence electrons. The monoisotopic (exact) mass is 1100 g/mol. The van der Waals surface area contributed by atoms with Crippen LogP contribution >= 0.6 is 0 Å². The Labute approximate surface area is 480 Å². The first kappa shape index (κ1) is 77.8. The van der Waals surface area contributed by atoms with Crippen molar-refractivity contribution in [3.05, 3.63) is 190 Å². The SMILES string of the molecule is CC1CC(C)(F)C1.CCC(C)(C)O.CCCC.CCCOC(C)C.COC1CC(C)C1.COc1ccc(C)cn1.Cc1ccc(C)nc1.Cc1ccc(F)cc1.Cc1cccc(F)c1C.Cc1ccccc1.Cc1ccccn1. The topological polar surface area (TPSA) is 86.6 Å². The van der Waals surface area contributed by atoms with Crippen molar-refractivity contribution in [2.24, 2.45) is 11.8 Å². The Bertz CT molecular complexity index is 2110. The zero-order valence-electron chi connectivity index (χ0n) is 53.0. The van der Waals surface area contributed by atoms with Crippen LogP contribution in [0.15, 0.2) is 134 Å². The molecule has 1 N–H and O–H groups in total. The van der Waals surface area contributed by atoms with Crippen molar-refractivity contribution in [3.63, 3.8) is 0 Å². The van der Waals surface area contributed by atoms with Gasteiger partial charge in [0, 0.05) is 49.8 Å². The Morgan fingerprint density at radius 2 is 1.10 bits per heavy atom. The molecule has 2 fully saturated rings. The number of aliphatic hydroxyl groups is 1. The number of aromatic nitrogens is 3. The van der Waals surface area contributed by atoms with E-state index in [0.717, 1.165) is 71.8 Å². The number of rotatable bonds is 7. The highest BCUT2D eigenvalue weighted by molar-refractivity contribution is 5.25. The van der Waals surface area contributed by atoms with Gasteiger partial charge in [-0.15, -0.1) is 0 Å². The van der Waals surface area contributed by atoms with Gasteiger partial charge in [0.2, 0.25) is 5.88 Å². The molecular formula is C69H108F3N3O4. The lowest BCUT2D eigenvalue weighted by Gasteiger charge is -2.36. The van der Waals surface area contributed by atoms with Gasteiger partial charge in [-0.2, -0.15) is 0 Å². The van der Waals surface area contributed by atoms with Crippen LogP contribution in [0.25, 0.3) is 0 Å². The second kappa shape index (κ2) is 47.4. The van der Waals surface area contributed by atoms with Crippen molar-refractivity contribution in [3.8, 4) is 5.88 Å². The predicted octanol–water partition coefficient (Wildman–Crippen LogP) is 19.4. The summed E-state index contributed by atoms with van der Waals surface area (Å²) in [7, 11) is 3.40. The molecule has 0 unspecified atom stereocenters. The molecule has 0 radical (unpaired) electrons. The van der Waals surface area contributed by atoms with Gasteiger partial charge < -0.3 is 19.3 Å². The van der Waals surface area contributed by atoms with E-state index < -0.39 is 11.3 Å². The number of methoxy groups -OCH3 is 2. The maximum absolute atomic E-state index is 12.6. The van der Waals surface area contributed by atoms with Crippen molar-refractivity contribution in [1.82, 2.24) is 15.0 Å². The van der Waals surface area contributed by atoms with Gasteiger partial charge in [0.05, 0.1) is 24.9 Å². The first-order chi connectivity index (χ1) is 37.1. The van der Waals surface area contributed by atoms with E-state index in [0.29, 0.717) is 24.0 Å². The Balaban J connectivity index is -0.000000808. The van der Waals surface area contributed by atoms with Crippen molar-refractivity contribution in [2.75, 3.05) is 20.8 Å². The molecule has 2 aliphatic rings. The molecular weight excluding hydrogens is 992 g/mol. The van der Waals surface area contributed by atoms with E-state index in [1.54, 1.807) is 72.5 Å². The molecule has 7 nitrogen and oxygen atoms in total. The van der Waals surface area contributed by atoms with Crippen molar-refractivity contribution in [2.45, 2.75) is 206 Å². The lowest BCUT2D eigenvalue weighted by atomic mass is 9.75. The molecule has 0 amide bonds. The van der Waals surface area contributed by atoms with Crippen LogP contribution in [0, 0.1) is 78.9 Å². The summed E-state index contributed by atoms with van der Waals surface area (Å²) in [5.41, 5.74) is 7.42. The van der Waals surface area contributed by atoms with Crippen LogP contribution in [0.2, 0.25) is 0 Å². The highest BCUT2D eigenvalue weighted by Crippen LogP contribution is 2.39. The first-order valence-electron chi connectivity index (χ1n) is 28.3. The van der Waals surface area contributed by atoms with E-state index in [4.69, 9.17) is 19.3 Å². The molecule has 79 heavy (non-hydrogen) atoms. The first-order valence-corrected chi connectivity index (χ1v) is 28.3. The summed E-state index contributed by atoms with van der Waals surface area (Å²) in [5, 5.41) is 8.83. The van der Waals surface area contributed by atoms with Crippen LogP contribution in [0.4, 0.5) is 13.2 Å². The standard InChI is InChI=1S/C8H9F.C7H7F.C7H9NO.C7H9N.C7H8.C6H11F.C6H7N.C6H12O.C6H14O.C5H12O.C4H10/c1-6-4-3-5-8(9)7(6)2;1-6-2-4-7(8)5-3-6;1-6-3-4-7(9-2)8-5-6;1-6-3-4-7(2)8-5-6;1-7-5-3-2-4-6-7;1-5-3-6(2,7)4-5;1-6-4-2-3-5-7-6;1-5-3-6(4-5)7-2;1-4-5-7-6(2)3;1-4-5(2,3)6;1-3-4-2/h3-5H,1-2H3;2-5H,1H3;3-5H,1-2H3;3-5H,1-2H3;2-6H,1H3;5H,3-4H2,1-2H3;2-5H,1H3;5-6H,3-4H2,1-2H3;6H,4-5H2,1-3H3;6H,4H2,1-3H3;3-4H2,1-2H3. The quantitative estimate of drug-likeness (QED) is 0.170. The van der Waals surface area contributed by atoms with Crippen LogP contribution in [0.3, 0.4) is 0 Å². The number of aryl methyl sites for hydroxylation is 7. The molecule has 2 aliphatic carbocycles. The van der Waals surface area contributed by atoms with Gasteiger partial charge in [0.25, 0.3) is 0 Å². The highest BCUT2D eigenvalue weighted by atomic mass is 19.1. The van der Waals surface area contributed by atoms with E-state index in [2.05, 4.69) is 88.5 Å². The molecule has 2 saturated carbocycles. The Hall–Kier alpha value is -5.42. The normalized spacial score (nSPS) is 15.8. The van der Waals surface area contributed by atoms with Crippen molar-refractivity contribution in [1.29, 1.82) is 0 Å². The summed E-state index contributed by atoms with van der Waals surface area (Å²) in [4.78, 5) is 12.0. The molecule has 10 heteroatoms. The van der Waals surface area contributed by atoms with Gasteiger partial charge in [-0.1, -0.05) is 138 Å². The molecule has 0 aliphatic heterocycles. The van der Waals surface area contributed by atoms with E-state index in [-0.39, 0.29) is 11.6 Å². The number of ether oxygens (including phenoxy) is 3. The zero-order chi connectivity index (χ0) is 60.8. The number of nitrogens with zero attached hydrogens (tertiary/aromatic N) is 3. The summed E-state index contributed by atoms with van der Waals surface area (Å²) in [6.45, 7) is 38.7. The third-order valence-electron chi connectivity index (χ3n) is 11.7. The molecule has 0 saturated heterocycles. The lowest BCUT2D eigenvalue weighted by molar-refractivity contribution is 0.00750. The molecule has 8 rings (SSSR count).